The summed E-state index contributed by atoms with van der Waals surface area (Å²) in [7, 11) is 0. The molecular formula is C13H16ClN3O2S. The summed E-state index contributed by atoms with van der Waals surface area (Å²) in [5.41, 5.74) is 0.345. The second-order valence-electron chi connectivity index (χ2n) is 5.22. The Balaban J connectivity index is 2.04. The van der Waals surface area contributed by atoms with E-state index in [4.69, 9.17) is 16.7 Å². The third kappa shape index (κ3) is 3.39. The van der Waals surface area contributed by atoms with Crippen molar-refractivity contribution in [2.45, 2.75) is 13.8 Å². The summed E-state index contributed by atoms with van der Waals surface area (Å²) in [6, 6.07) is 0. The van der Waals surface area contributed by atoms with Gasteiger partial charge in [0.05, 0.1) is 5.69 Å². The Labute approximate surface area is 125 Å². The molecule has 2 N–H and O–H groups in total. The fraction of sp³-hybridized carbons (Fsp3) is 0.385. The third-order valence-electron chi connectivity index (χ3n) is 2.82. The van der Waals surface area contributed by atoms with Crippen molar-refractivity contribution in [2.75, 3.05) is 13.2 Å². The number of amides is 1. The van der Waals surface area contributed by atoms with Gasteiger partial charge in [-0.05, 0) is 6.08 Å². The Morgan fingerprint density at radius 2 is 2.40 bits per heavy atom. The first-order chi connectivity index (χ1) is 9.43. The predicted molar refractivity (Wildman–Crippen MR) is 81.0 cm³/mol. The van der Waals surface area contributed by atoms with Crippen LogP contribution in [-0.2, 0) is 4.79 Å². The van der Waals surface area contributed by atoms with E-state index in [2.05, 4.69) is 10.3 Å². The van der Waals surface area contributed by atoms with E-state index >= 15 is 0 Å². The topological polar surface area (TPSA) is 66.6 Å². The van der Waals surface area contributed by atoms with Crippen molar-refractivity contribution < 1.29 is 9.90 Å². The lowest BCUT2D eigenvalue weighted by molar-refractivity contribution is -0.116. The molecule has 0 aliphatic carbocycles. The van der Waals surface area contributed by atoms with Crippen molar-refractivity contribution in [1.29, 1.82) is 0 Å². The molecule has 0 radical (unpaired) electrons. The number of aliphatic hydroxyl groups excluding tert-OH is 1. The first-order valence-electron chi connectivity index (χ1n) is 6.11. The number of carbonyl (C=O) groups excluding carboxylic acids is 1. The molecule has 1 amide bonds. The zero-order valence-corrected chi connectivity index (χ0v) is 12.8. The molecule has 0 aliphatic rings. The number of halogens is 1. The number of nitrogens with one attached hydrogen (secondary N) is 1. The molecule has 2 rings (SSSR count). The molecule has 2 aromatic rings. The second-order valence-corrected chi connectivity index (χ2v) is 6.45. The van der Waals surface area contributed by atoms with Crippen LogP contribution in [-0.4, -0.2) is 33.6 Å². The van der Waals surface area contributed by atoms with E-state index in [1.54, 1.807) is 6.08 Å². The lowest BCUT2D eigenvalue weighted by Crippen LogP contribution is -2.35. The van der Waals surface area contributed by atoms with Gasteiger partial charge in [0.2, 0.25) is 5.91 Å². The van der Waals surface area contributed by atoms with Gasteiger partial charge in [0.1, 0.15) is 0 Å². The largest absolute Gasteiger partial charge is 0.396 e. The first-order valence-corrected chi connectivity index (χ1v) is 7.36. The predicted octanol–water partition coefficient (Wildman–Crippen LogP) is 2.20. The molecule has 0 fully saturated rings. The minimum absolute atomic E-state index is 0.0149. The van der Waals surface area contributed by atoms with Crippen LogP contribution in [0.15, 0.2) is 17.7 Å². The maximum absolute atomic E-state index is 11.7. The maximum atomic E-state index is 11.7. The fourth-order valence-corrected chi connectivity index (χ4v) is 2.53. The molecule has 0 bridgehead atoms. The van der Waals surface area contributed by atoms with Crippen molar-refractivity contribution in [3.05, 3.63) is 28.5 Å². The molecule has 5 nitrogen and oxygen atoms in total. The van der Waals surface area contributed by atoms with Crippen LogP contribution in [0, 0.1) is 5.41 Å². The van der Waals surface area contributed by atoms with Crippen LogP contribution in [0.2, 0.25) is 5.15 Å². The Bertz CT molecular complexity index is 645. The van der Waals surface area contributed by atoms with Gasteiger partial charge in [-0.2, -0.15) is 0 Å². The first kappa shape index (κ1) is 15.0. The summed E-state index contributed by atoms with van der Waals surface area (Å²) in [4.78, 5) is 16.7. The van der Waals surface area contributed by atoms with Crippen LogP contribution in [0.4, 0.5) is 0 Å². The Morgan fingerprint density at radius 1 is 1.65 bits per heavy atom. The van der Waals surface area contributed by atoms with Crippen molar-refractivity contribution in [2.24, 2.45) is 5.41 Å². The van der Waals surface area contributed by atoms with Crippen LogP contribution < -0.4 is 5.32 Å². The Morgan fingerprint density at radius 3 is 3.10 bits per heavy atom. The summed E-state index contributed by atoms with van der Waals surface area (Å²) >= 11 is 7.50. The van der Waals surface area contributed by atoms with E-state index in [9.17, 15) is 4.79 Å². The quantitative estimate of drug-likeness (QED) is 0.832. The van der Waals surface area contributed by atoms with Gasteiger partial charge in [-0.15, -0.1) is 11.3 Å². The van der Waals surface area contributed by atoms with Gasteiger partial charge in [-0.25, -0.2) is 4.98 Å². The molecule has 0 saturated carbocycles. The van der Waals surface area contributed by atoms with Crippen LogP contribution in [0.1, 0.15) is 19.5 Å². The van der Waals surface area contributed by atoms with Gasteiger partial charge in [0, 0.05) is 36.2 Å². The summed E-state index contributed by atoms with van der Waals surface area (Å²) in [5, 5.41) is 14.1. The van der Waals surface area contributed by atoms with Gasteiger partial charge in [0.15, 0.2) is 10.1 Å². The highest BCUT2D eigenvalue weighted by Gasteiger charge is 2.16. The summed E-state index contributed by atoms with van der Waals surface area (Å²) in [5.74, 6) is -0.229. The van der Waals surface area contributed by atoms with Crippen LogP contribution in [0.5, 0.6) is 0 Å². The van der Waals surface area contributed by atoms with Crippen molar-refractivity contribution in [3.8, 4) is 0 Å². The Kier molecular flexibility index (Phi) is 4.47. The smallest absolute Gasteiger partial charge is 0.244 e. The minimum Gasteiger partial charge on any atom is -0.396 e. The molecule has 0 spiro atoms. The highest BCUT2D eigenvalue weighted by Crippen LogP contribution is 2.22. The number of thiazole rings is 1. The Hall–Kier alpha value is -1.37. The molecule has 20 heavy (non-hydrogen) atoms. The normalized spacial score (nSPS) is 12.4. The number of rotatable bonds is 5. The molecule has 0 saturated heterocycles. The van der Waals surface area contributed by atoms with Gasteiger partial charge >= 0.3 is 0 Å². The lowest BCUT2D eigenvalue weighted by atomic mass is 9.95. The molecule has 2 heterocycles. The van der Waals surface area contributed by atoms with E-state index in [0.717, 1.165) is 4.96 Å². The molecule has 108 valence electrons. The van der Waals surface area contributed by atoms with Crippen molar-refractivity contribution in [3.63, 3.8) is 0 Å². The van der Waals surface area contributed by atoms with Gasteiger partial charge in [-0.1, -0.05) is 25.4 Å². The number of hydrogen-bond acceptors (Lipinski definition) is 4. The average Bonchev–Trinajstić information content (AvgIpc) is 2.95. The van der Waals surface area contributed by atoms with Gasteiger partial charge < -0.3 is 10.4 Å². The van der Waals surface area contributed by atoms with Crippen LogP contribution in [0.25, 0.3) is 11.0 Å². The molecule has 2 aromatic heterocycles. The van der Waals surface area contributed by atoms with Gasteiger partial charge in [-0.3, -0.25) is 9.20 Å². The van der Waals surface area contributed by atoms with E-state index in [1.807, 2.05) is 29.8 Å². The number of carbonyl (C=O) groups is 1. The standard InChI is InChI=1S/C13H16ClN3O2S/c1-13(2,8-18)7-15-10(19)4-3-9-11(14)16-12-17(9)5-6-20-12/h3-6,18H,7-8H2,1-2H3,(H,15,19)/b4-3+. The second kappa shape index (κ2) is 5.95. The third-order valence-corrected chi connectivity index (χ3v) is 3.85. The summed E-state index contributed by atoms with van der Waals surface area (Å²) in [6.07, 6.45) is 4.90. The molecular weight excluding hydrogens is 298 g/mol. The number of imidazole rings is 1. The van der Waals surface area contributed by atoms with E-state index in [1.165, 1.54) is 17.4 Å². The molecule has 0 aromatic carbocycles. The highest BCUT2D eigenvalue weighted by atomic mass is 35.5. The molecule has 0 aliphatic heterocycles. The highest BCUT2D eigenvalue weighted by molar-refractivity contribution is 7.15. The molecule has 0 atom stereocenters. The zero-order valence-electron chi connectivity index (χ0n) is 11.3. The summed E-state index contributed by atoms with van der Waals surface area (Å²) < 4.78 is 1.83. The molecule has 0 unspecified atom stereocenters. The monoisotopic (exact) mass is 313 g/mol. The number of aliphatic hydroxyl groups is 1. The van der Waals surface area contributed by atoms with E-state index in [0.29, 0.717) is 17.4 Å². The van der Waals surface area contributed by atoms with Crippen molar-refractivity contribution in [1.82, 2.24) is 14.7 Å². The average molecular weight is 314 g/mol. The number of hydrogen-bond donors (Lipinski definition) is 2. The van der Waals surface area contributed by atoms with Crippen LogP contribution >= 0.6 is 22.9 Å². The number of aromatic nitrogens is 2. The lowest BCUT2D eigenvalue weighted by Gasteiger charge is -2.21. The minimum atomic E-state index is -0.335. The van der Waals surface area contributed by atoms with E-state index < -0.39 is 0 Å². The fourth-order valence-electron chi connectivity index (χ4n) is 1.52. The SMILES string of the molecule is CC(C)(CO)CNC(=O)/C=C/c1c(Cl)nc2sccn12. The van der Waals surface area contributed by atoms with Gasteiger partial charge in [0.25, 0.3) is 0 Å². The maximum Gasteiger partial charge on any atom is 0.244 e. The molecule has 7 heteroatoms. The number of fused-ring (bicyclic) bond motifs is 1. The van der Waals surface area contributed by atoms with Crippen LogP contribution in [0.3, 0.4) is 0 Å². The number of nitrogens with zero attached hydrogens (tertiary/aromatic N) is 2. The van der Waals surface area contributed by atoms with E-state index in [-0.39, 0.29) is 17.9 Å². The van der Waals surface area contributed by atoms with Crippen molar-refractivity contribution >= 4 is 39.9 Å². The zero-order chi connectivity index (χ0) is 14.8. The summed E-state index contributed by atoms with van der Waals surface area (Å²) in [6.45, 7) is 4.17.